The minimum absolute atomic E-state index is 0.118. The lowest BCUT2D eigenvalue weighted by Crippen LogP contribution is -2.07. The molecule has 0 aliphatic rings. The third kappa shape index (κ3) is 3.50. The average Bonchev–Trinajstić information content (AvgIpc) is 2.20. The van der Waals surface area contributed by atoms with E-state index in [1.165, 1.54) is 12.1 Å². The van der Waals surface area contributed by atoms with E-state index < -0.39 is 0 Å². The molecule has 0 aromatic heterocycles. The van der Waals surface area contributed by atoms with Crippen LogP contribution in [0.25, 0.3) is 0 Å². The largest absolute Gasteiger partial charge is 0.324 e. The Morgan fingerprint density at radius 3 is 2.60 bits per heavy atom. The van der Waals surface area contributed by atoms with E-state index in [1.54, 1.807) is 11.8 Å². The van der Waals surface area contributed by atoms with E-state index >= 15 is 0 Å². The molecule has 0 amide bonds. The monoisotopic (exact) mass is 227 g/mol. The molecule has 2 unspecified atom stereocenters. The van der Waals surface area contributed by atoms with Crippen LogP contribution >= 0.6 is 11.8 Å². The second-order valence-corrected chi connectivity index (χ2v) is 5.29. The van der Waals surface area contributed by atoms with Gasteiger partial charge in [0, 0.05) is 16.2 Å². The normalized spacial score (nSPS) is 15.0. The molecule has 0 spiro atoms. The molecule has 0 heterocycles. The van der Waals surface area contributed by atoms with Crippen molar-refractivity contribution >= 4 is 11.8 Å². The van der Waals surface area contributed by atoms with E-state index in [-0.39, 0.29) is 11.9 Å². The fraction of sp³-hybridized carbons (Fsp3) is 0.500. The van der Waals surface area contributed by atoms with E-state index in [0.29, 0.717) is 5.25 Å². The minimum atomic E-state index is -0.212. The molecule has 2 atom stereocenters. The zero-order valence-electron chi connectivity index (χ0n) is 9.46. The molecule has 1 rings (SSSR count). The number of hydrogen-bond donors (Lipinski definition) is 1. The first kappa shape index (κ1) is 12.5. The second kappa shape index (κ2) is 5.52. The third-order valence-electron chi connectivity index (χ3n) is 2.37. The molecule has 1 aromatic carbocycles. The van der Waals surface area contributed by atoms with Crippen LogP contribution in [0.1, 0.15) is 38.8 Å². The number of nitrogens with two attached hydrogens (primary N) is 1. The highest BCUT2D eigenvalue weighted by Crippen LogP contribution is 2.31. The number of rotatable bonds is 4. The predicted molar refractivity (Wildman–Crippen MR) is 64.6 cm³/mol. The van der Waals surface area contributed by atoms with Gasteiger partial charge >= 0.3 is 0 Å². The topological polar surface area (TPSA) is 26.0 Å². The summed E-state index contributed by atoms with van der Waals surface area (Å²) in [5, 5.41) is 0.535. The summed E-state index contributed by atoms with van der Waals surface area (Å²) in [5.74, 6) is -0.212. The number of thioether (sulfide) groups is 1. The van der Waals surface area contributed by atoms with Gasteiger partial charge < -0.3 is 5.73 Å². The van der Waals surface area contributed by atoms with Gasteiger partial charge in [0.1, 0.15) is 5.82 Å². The van der Waals surface area contributed by atoms with Crippen molar-refractivity contribution in [2.24, 2.45) is 5.73 Å². The van der Waals surface area contributed by atoms with Crippen LogP contribution in [0.4, 0.5) is 4.39 Å². The smallest absolute Gasteiger partial charge is 0.123 e. The fourth-order valence-corrected chi connectivity index (χ4v) is 2.41. The van der Waals surface area contributed by atoms with Crippen LogP contribution < -0.4 is 5.73 Å². The Bertz CT molecular complexity index is 325. The maximum absolute atomic E-state index is 13.1. The van der Waals surface area contributed by atoms with Crippen molar-refractivity contribution in [3.63, 3.8) is 0 Å². The maximum atomic E-state index is 13.1. The number of halogens is 1. The molecule has 0 aliphatic heterocycles. The summed E-state index contributed by atoms with van der Waals surface area (Å²) in [5.41, 5.74) is 6.72. The van der Waals surface area contributed by atoms with E-state index in [1.807, 2.05) is 13.0 Å². The second-order valence-electron chi connectivity index (χ2n) is 3.81. The van der Waals surface area contributed by atoms with Gasteiger partial charge in [0.2, 0.25) is 0 Å². The van der Waals surface area contributed by atoms with Crippen LogP contribution in [0.5, 0.6) is 0 Å². The van der Waals surface area contributed by atoms with Crippen LogP contribution in [0.2, 0.25) is 0 Å². The molecule has 0 saturated carbocycles. The van der Waals surface area contributed by atoms with Crippen molar-refractivity contribution in [2.45, 2.75) is 43.4 Å². The molecule has 0 bridgehead atoms. The maximum Gasteiger partial charge on any atom is 0.123 e. The highest BCUT2D eigenvalue weighted by atomic mass is 32.2. The van der Waals surface area contributed by atoms with Crippen molar-refractivity contribution in [3.8, 4) is 0 Å². The highest BCUT2D eigenvalue weighted by Gasteiger charge is 2.11. The Labute approximate surface area is 95.2 Å². The molecule has 3 heteroatoms. The van der Waals surface area contributed by atoms with Crippen LogP contribution in [0, 0.1) is 5.82 Å². The van der Waals surface area contributed by atoms with E-state index in [4.69, 9.17) is 5.73 Å². The Balaban J connectivity index is 2.95. The summed E-state index contributed by atoms with van der Waals surface area (Å²) in [4.78, 5) is 1.10. The molecule has 0 fully saturated rings. The van der Waals surface area contributed by atoms with E-state index in [0.717, 1.165) is 16.9 Å². The van der Waals surface area contributed by atoms with Crippen molar-refractivity contribution in [1.82, 2.24) is 0 Å². The van der Waals surface area contributed by atoms with Gasteiger partial charge in [0.15, 0.2) is 0 Å². The first-order chi connectivity index (χ1) is 7.04. The van der Waals surface area contributed by atoms with Gasteiger partial charge in [-0.25, -0.2) is 4.39 Å². The molecule has 1 aromatic rings. The molecule has 84 valence electrons. The highest BCUT2D eigenvalue weighted by molar-refractivity contribution is 8.00. The summed E-state index contributed by atoms with van der Waals surface area (Å²) in [7, 11) is 0. The Kier molecular flexibility index (Phi) is 4.61. The zero-order valence-corrected chi connectivity index (χ0v) is 10.3. The first-order valence-corrected chi connectivity index (χ1v) is 6.14. The van der Waals surface area contributed by atoms with Crippen LogP contribution in [0.3, 0.4) is 0 Å². The molecular weight excluding hydrogens is 209 g/mol. The lowest BCUT2D eigenvalue weighted by Gasteiger charge is -2.15. The first-order valence-electron chi connectivity index (χ1n) is 5.26. The lowest BCUT2D eigenvalue weighted by molar-refractivity contribution is 0.619. The van der Waals surface area contributed by atoms with E-state index in [2.05, 4.69) is 13.8 Å². The van der Waals surface area contributed by atoms with Gasteiger partial charge in [-0.1, -0.05) is 13.8 Å². The van der Waals surface area contributed by atoms with Gasteiger partial charge in [-0.3, -0.25) is 0 Å². The summed E-state index contributed by atoms with van der Waals surface area (Å²) in [6, 6.07) is 4.74. The van der Waals surface area contributed by atoms with Crippen molar-refractivity contribution in [3.05, 3.63) is 29.6 Å². The quantitative estimate of drug-likeness (QED) is 0.793. The molecule has 2 N–H and O–H groups in total. The Morgan fingerprint density at radius 2 is 2.07 bits per heavy atom. The molecule has 1 nitrogen and oxygen atoms in total. The van der Waals surface area contributed by atoms with Crippen LogP contribution in [-0.2, 0) is 0 Å². The molecule has 0 aliphatic carbocycles. The van der Waals surface area contributed by atoms with Gasteiger partial charge in [-0.2, -0.15) is 0 Å². The summed E-state index contributed by atoms with van der Waals surface area (Å²) < 4.78 is 13.1. The summed E-state index contributed by atoms with van der Waals surface area (Å²) in [6.45, 7) is 6.20. The van der Waals surface area contributed by atoms with Crippen molar-refractivity contribution in [1.29, 1.82) is 0 Å². The van der Waals surface area contributed by atoms with Crippen molar-refractivity contribution < 1.29 is 4.39 Å². The Morgan fingerprint density at radius 1 is 1.40 bits per heavy atom. The van der Waals surface area contributed by atoms with E-state index in [9.17, 15) is 4.39 Å². The number of hydrogen-bond acceptors (Lipinski definition) is 2. The molecule has 0 radical (unpaired) electrons. The summed E-state index contributed by atoms with van der Waals surface area (Å²) >= 11 is 1.76. The lowest BCUT2D eigenvalue weighted by atomic mass is 10.1. The van der Waals surface area contributed by atoms with Gasteiger partial charge in [0.25, 0.3) is 0 Å². The molecule has 15 heavy (non-hydrogen) atoms. The van der Waals surface area contributed by atoms with Crippen LogP contribution in [0.15, 0.2) is 23.1 Å². The SMILES string of the molecule is CCC(C)Sc1ccc(F)cc1C(C)N. The van der Waals surface area contributed by atoms with Crippen molar-refractivity contribution in [2.75, 3.05) is 0 Å². The fourth-order valence-electron chi connectivity index (χ4n) is 1.28. The minimum Gasteiger partial charge on any atom is -0.324 e. The van der Waals surface area contributed by atoms with Gasteiger partial charge in [-0.15, -0.1) is 11.8 Å². The third-order valence-corrected chi connectivity index (χ3v) is 3.73. The Hall–Kier alpha value is -0.540. The molecule has 0 saturated heterocycles. The molecular formula is C12H18FNS. The van der Waals surface area contributed by atoms with Gasteiger partial charge in [0.05, 0.1) is 0 Å². The standard InChI is InChI=1S/C12H18FNS/c1-4-8(2)15-12-6-5-10(13)7-11(12)9(3)14/h5-9H,4,14H2,1-3H3. The zero-order chi connectivity index (χ0) is 11.4. The summed E-state index contributed by atoms with van der Waals surface area (Å²) in [6.07, 6.45) is 1.10. The van der Waals surface area contributed by atoms with Gasteiger partial charge in [-0.05, 0) is 37.1 Å². The number of benzene rings is 1. The van der Waals surface area contributed by atoms with Crippen LogP contribution in [-0.4, -0.2) is 5.25 Å². The average molecular weight is 227 g/mol. The predicted octanol–water partition coefficient (Wildman–Crippen LogP) is 3.74.